The van der Waals surface area contributed by atoms with Crippen molar-refractivity contribution in [2.24, 2.45) is 0 Å². The first-order valence-corrected chi connectivity index (χ1v) is 2.48. The van der Waals surface area contributed by atoms with E-state index < -0.39 is 0 Å². The Morgan fingerprint density at radius 1 is 1.89 bits per heavy atom. The SMILES string of the molecule is C#Cc1cc(NC)on1. The van der Waals surface area contributed by atoms with E-state index in [1.54, 1.807) is 13.1 Å². The molecule has 0 fully saturated rings. The van der Waals surface area contributed by atoms with Crippen LogP contribution >= 0.6 is 0 Å². The highest BCUT2D eigenvalue weighted by atomic mass is 16.5. The highest BCUT2D eigenvalue weighted by Gasteiger charge is 1.95. The topological polar surface area (TPSA) is 38.1 Å². The van der Waals surface area contributed by atoms with Crippen molar-refractivity contribution < 1.29 is 4.52 Å². The summed E-state index contributed by atoms with van der Waals surface area (Å²) in [6.07, 6.45) is 5.02. The van der Waals surface area contributed by atoms with Gasteiger partial charge in [0.05, 0.1) is 0 Å². The third-order valence-electron chi connectivity index (χ3n) is 0.904. The van der Waals surface area contributed by atoms with Crippen LogP contribution in [-0.4, -0.2) is 12.2 Å². The monoisotopic (exact) mass is 122 g/mol. The summed E-state index contributed by atoms with van der Waals surface area (Å²) in [6.45, 7) is 0. The molecule has 0 aliphatic rings. The lowest BCUT2D eigenvalue weighted by Gasteiger charge is -1.83. The van der Waals surface area contributed by atoms with E-state index in [2.05, 4.69) is 16.4 Å². The van der Waals surface area contributed by atoms with Crippen LogP contribution in [0.1, 0.15) is 5.69 Å². The molecule has 0 bridgehead atoms. The molecule has 1 aromatic rings. The van der Waals surface area contributed by atoms with Gasteiger partial charge in [0.1, 0.15) is 0 Å². The Morgan fingerprint density at radius 2 is 2.67 bits per heavy atom. The van der Waals surface area contributed by atoms with Crippen molar-refractivity contribution in [2.45, 2.75) is 0 Å². The Labute approximate surface area is 53.0 Å². The summed E-state index contributed by atoms with van der Waals surface area (Å²) in [5.41, 5.74) is 0.513. The van der Waals surface area contributed by atoms with Crippen molar-refractivity contribution in [1.29, 1.82) is 0 Å². The summed E-state index contributed by atoms with van der Waals surface area (Å²) in [7, 11) is 1.74. The predicted octanol–water partition coefficient (Wildman–Crippen LogP) is 0.698. The summed E-state index contributed by atoms with van der Waals surface area (Å²) in [5, 5.41) is 6.29. The zero-order chi connectivity index (χ0) is 6.69. The molecule has 1 rings (SSSR count). The lowest BCUT2D eigenvalue weighted by Crippen LogP contribution is -1.81. The van der Waals surface area contributed by atoms with E-state index in [0.717, 1.165) is 0 Å². The molecule has 3 nitrogen and oxygen atoms in total. The van der Waals surface area contributed by atoms with Gasteiger partial charge in [-0.25, -0.2) is 0 Å². The van der Waals surface area contributed by atoms with Gasteiger partial charge in [0, 0.05) is 13.1 Å². The molecular formula is C6H6N2O. The fourth-order valence-electron chi connectivity index (χ4n) is 0.461. The average molecular weight is 122 g/mol. The normalized spacial score (nSPS) is 8.44. The van der Waals surface area contributed by atoms with Gasteiger partial charge in [0.2, 0.25) is 5.88 Å². The van der Waals surface area contributed by atoms with Crippen LogP contribution in [0.4, 0.5) is 5.88 Å². The molecule has 0 aromatic carbocycles. The van der Waals surface area contributed by atoms with E-state index in [9.17, 15) is 0 Å². The van der Waals surface area contributed by atoms with Crippen LogP contribution in [-0.2, 0) is 0 Å². The summed E-state index contributed by atoms with van der Waals surface area (Å²) in [6, 6.07) is 1.65. The number of rotatable bonds is 1. The van der Waals surface area contributed by atoms with Gasteiger partial charge in [-0.3, -0.25) is 0 Å². The summed E-state index contributed by atoms with van der Waals surface area (Å²) < 4.78 is 4.70. The summed E-state index contributed by atoms with van der Waals surface area (Å²) >= 11 is 0. The third-order valence-corrected chi connectivity index (χ3v) is 0.904. The minimum Gasteiger partial charge on any atom is -0.357 e. The smallest absolute Gasteiger partial charge is 0.225 e. The van der Waals surface area contributed by atoms with Gasteiger partial charge in [-0.2, -0.15) is 0 Å². The number of nitrogens with one attached hydrogen (secondary N) is 1. The summed E-state index contributed by atoms with van der Waals surface area (Å²) in [5.74, 6) is 2.92. The first-order valence-electron chi connectivity index (χ1n) is 2.48. The molecule has 0 atom stereocenters. The molecule has 3 heteroatoms. The molecule has 0 radical (unpaired) electrons. The molecule has 46 valence electrons. The maximum Gasteiger partial charge on any atom is 0.225 e. The van der Waals surface area contributed by atoms with Gasteiger partial charge in [-0.1, -0.05) is 5.16 Å². The Bertz CT molecular complexity index is 233. The fourth-order valence-corrected chi connectivity index (χ4v) is 0.461. The molecular weight excluding hydrogens is 116 g/mol. The van der Waals surface area contributed by atoms with E-state index in [4.69, 9.17) is 10.9 Å². The highest BCUT2D eigenvalue weighted by Crippen LogP contribution is 2.05. The van der Waals surface area contributed by atoms with E-state index in [1.807, 2.05) is 0 Å². The first-order chi connectivity index (χ1) is 4.36. The number of terminal acetylenes is 1. The Balaban J connectivity index is 2.90. The molecule has 0 spiro atoms. The molecule has 1 aromatic heterocycles. The van der Waals surface area contributed by atoms with Crippen LogP contribution in [0, 0.1) is 12.3 Å². The maximum atomic E-state index is 5.02. The maximum absolute atomic E-state index is 5.02. The largest absolute Gasteiger partial charge is 0.357 e. The van der Waals surface area contributed by atoms with E-state index in [-0.39, 0.29) is 0 Å². The average Bonchev–Trinajstić information content (AvgIpc) is 2.34. The minimum atomic E-state index is 0.513. The molecule has 0 aliphatic heterocycles. The number of hydrogen-bond acceptors (Lipinski definition) is 3. The predicted molar refractivity (Wildman–Crippen MR) is 34.0 cm³/mol. The minimum absolute atomic E-state index is 0.513. The van der Waals surface area contributed by atoms with Crippen LogP contribution in [0.2, 0.25) is 0 Å². The van der Waals surface area contributed by atoms with Gasteiger partial charge in [-0.05, 0) is 5.92 Å². The van der Waals surface area contributed by atoms with Crippen molar-refractivity contribution in [1.82, 2.24) is 5.16 Å². The second kappa shape index (κ2) is 2.23. The van der Waals surface area contributed by atoms with Crippen LogP contribution in [0.3, 0.4) is 0 Å². The Morgan fingerprint density at radius 3 is 3.00 bits per heavy atom. The second-order valence-electron chi connectivity index (χ2n) is 1.47. The molecule has 0 amide bonds. The molecule has 1 N–H and O–H groups in total. The van der Waals surface area contributed by atoms with Crippen molar-refractivity contribution in [3.05, 3.63) is 11.8 Å². The van der Waals surface area contributed by atoms with Crippen molar-refractivity contribution in [3.8, 4) is 12.3 Å². The van der Waals surface area contributed by atoms with Crippen molar-refractivity contribution in [2.75, 3.05) is 12.4 Å². The standard InChI is InChI=1S/C6H6N2O/c1-3-5-4-6(7-2)9-8-5/h1,4,7H,2H3. The number of hydrogen-bond donors (Lipinski definition) is 1. The zero-order valence-corrected chi connectivity index (χ0v) is 5.01. The number of aromatic nitrogens is 1. The molecule has 9 heavy (non-hydrogen) atoms. The van der Waals surface area contributed by atoms with Crippen LogP contribution in [0.15, 0.2) is 10.6 Å². The summed E-state index contributed by atoms with van der Waals surface area (Å²) in [4.78, 5) is 0. The van der Waals surface area contributed by atoms with E-state index >= 15 is 0 Å². The molecule has 1 heterocycles. The third kappa shape index (κ3) is 1.03. The van der Waals surface area contributed by atoms with Crippen LogP contribution in [0.25, 0.3) is 0 Å². The lowest BCUT2D eigenvalue weighted by molar-refractivity contribution is 0.432. The number of nitrogens with zero attached hydrogens (tertiary/aromatic N) is 1. The van der Waals surface area contributed by atoms with Crippen molar-refractivity contribution >= 4 is 5.88 Å². The number of anilines is 1. The van der Waals surface area contributed by atoms with Gasteiger partial charge in [-0.15, -0.1) is 6.42 Å². The highest BCUT2D eigenvalue weighted by molar-refractivity contribution is 5.36. The fraction of sp³-hybridized carbons (Fsp3) is 0.167. The van der Waals surface area contributed by atoms with Gasteiger partial charge in [0.25, 0.3) is 0 Å². The van der Waals surface area contributed by atoms with Gasteiger partial charge in [0.15, 0.2) is 5.69 Å². The van der Waals surface area contributed by atoms with E-state index in [0.29, 0.717) is 11.6 Å². The van der Waals surface area contributed by atoms with Crippen LogP contribution in [0.5, 0.6) is 0 Å². The Hall–Kier alpha value is -1.43. The molecule has 0 saturated carbocycles. The Kier molecular flexibility index (Phi) is 1.41. The van der Waals surface area contributed by atoms with Crippen LogP contribution < -0.4 is 5.32 Å². The molecule has 0 saturated heterocycles. The lowest BCUT2D eigenvalue weighted by atomic mass is 10.4. The second-order valence-corrected chi connectivity index (χ2v) is 1.47. The quantitative estimate of drug-likeness (QED) is 0.557. The first kappa shape index (κ1) is 5.70. The zero-order valence-electron chi connectivity index (χ0n) is 5.01. The van der Waals surface area contributed by atoms with Crippen molar-refractivity contribution in [3.63, 3.8) is 0 Å². The van der Waals surface area contributed by atoms with E-state index in [1.165, 1.54) is 0 Å². The van der Waals surface area contributed by atoms with Gasteiger partial charge >= 0.3 is 0 Å². The molecule has 0 aliphatic carbocycles. The molecule has 0 unspecified atom stereocenters. The van der Waals surface area contributed by atoms with Gasteiger partial charge < -0.3 is 9.84 Å².